The van der Waals surface area contributed by atoms with Crippen LogP contribution in [0.2, 0.25) is 0 Å². The Morgan fingerprint density at radius 1 is 1.25 bits per heavy atom. The zero-order valence-electron chi connectivity index (χ0n) is 9.97. The first-order valence-corrected chi connectivity index (χ1v) is 5.79. The topological polar surface area (TPSA) is 30.5 Å². The van der Waals surface area contributed by atoms with Gasteiger partial charge in [0.1, 0.15) is 11.5 Å². The van der Waals surface area contributed by atoms with E-state index in [-0.39, 0.29) is 0 Å². The van der Waals surface area contributed by atoms with Gasteiger partial charge in [-0.15, -0.1) is 11.6 Å². The number of hydrogen-bond donors (Lipinski definition) is 1. The summed E-state index contributed by atoms with van der Waals surface area (Å²) in [4.78, 5) is 0. The molecule has 0 aliphatic carbocycles. The van der Waals surface area contributed by atoms with Crippen LogP contribution in [0.3, 0.4) is 0 Å². The van der Waals surface area contributed by atoms with Gasteiger partial charge in [0.2, 0.25) is 0 Å². The van der Waals surface area contributed by atoms with E-state index in [1.165, 1.54) is 0 Å². The van der Waals surface area contributed by atoms with E-state index >= 15 is 0 Å². The van der Waals surface area contributed by atoms with Gasteiger partial charge in [0.25, 0.3) is 0 Å². The number of nitrogens with one attached hydrogen (secondary N) is 1. The van der Waals surface area contributed by atoms with Crippen LogP contribution in [0, 0.1) is 6.92 Å². The molecule has 16 heavy (non-hydrogen) atoms. The molecule has 0 bridgehead atoms. The minimum atomic E-state index is 0.657. The molecule has 0 unspecified atom stereocenters. The Labute approximate surface area is 102 Å². The molecule has 1 aromatic carbocycles. The van der Waals surface area contributed by atoms with Crippen LogP contribution in [0.15, 0.2) is 12.1 Å². The highest BCUT2D eigenvalue weighted by molar-refractivity contribution is 6.17. The van der Waals surface area contributed by atoms with Gasteiger partial charge in [-0.2, -0.15) is 0 Å². The third kappa shape index (κ3) is 2.95. The van der Waals surface area contributed by atoms with Crippen molar-refractivity contribution in [3.63, 3.8) is 0 Å². The number of methoxy groups -OCH3 is 2. The molecule has 0 aromatic heterocycles. The van der Waals surface area contributed by atoms with Crippen molar-refractivity contribution in [1.82, 2.24) is 0 Å². The van der Waals surface area contributed by atoms with Crippen LogP contribution >= 0.6 is 11.6 Å². The fourth-order valence-electron chi connectivity index (χ4n) is 1.59. The van der Waals surface area contributed by atoms with E-state index in [0.717, 1.165) is 35.7 Å². The molecule has 0 spiro atoms. The van der Waals surface area contributed by atoms with Crippen molar-refractivity contribution in [2.75, 3.05) is 32.0 Å². The van der Waals surface area contributed by atoms with E-state index in [1.54, 1.807) is 14.2 Å². The Morgan fingerprint density at radius 3 is 2.56 bits per heavy atom. The van der Waals surface area contributed by atoms with Crippen LogP contribution in [0.25, 0.3) is 0 Å². The molecule has 1 N–H and O–H groups in total. The first-order chi connectivity index (χ1) is 7.74. The number of halogens is 1. The highest BCUT2D eigenvalue weighted by atomic mass is 35.5. The fraction of sp³-hybridized carbons (Fsp3) is 0.500. The lowest BCUT2D eigenvalue weighted by Crippen LogP contribution is -2.05. The lowest BCUT2D eigenvalue weighted by molar-refractivity contribution is 0.390. The molecule has 0 fully saturated rings. The van der Waals surface area contributed by atoms with Crippen LogP contribution in [0.4, 0.5) is 5.69 Å². The molecule has 3 nitrogen and oxygen atoms in total. The standard InChI is InChI=1S/C12H18ClNO2/c1-9-11(15-2)6-5-10(12(9)16-3)14-8-4-7-13/h5-6,14H,4,7-8H2,1-3H3. The lowest BCUT2D eigenvalue weighted by Gasteiger charge is -2.15. The molecular weight excluding hydrogens is 226 g/mol. The Hall–Kier alpha value is -1.09. The van der Waals surface area contributed by atoms with Crippen molar-refractivity contribution < 1.29 is 9.47 Å². The predicted molar refractivity (Wildman–Crippen MR) is 68.1 cm³/mol. The molecule has 0 heterocycles. The van der Waals surface area contributed by atoms with Gasteiger partial charge >= 0.3 is 0 Å². The summed E-state index contributed by atoms with van der Waals surface area (Å²) in [6, 6.07) is 3.89. The summed E-state index contributed by atoms with van der Waals surface area (Å²) in [6.07, 6.45) is 0.926. The number of benzene rings is 1. The highest BCUT2D eigenvalue weighted by Crippen LogP contribution is 2.34. The van der Waals surface area contributed by atoms with Crippen LogP contribution in [-0.4, -0.2) is 26.6 Å². The average Bonchev–Trinajstić information content (AvgIpc) is 2.30. The second-order valence-electron chi connectivity index (χ2n) is 3.44. The number of ether oxygens (including phenoxy) is 2. The van der Waals surface area contributed by atoms with E-state index in [9.17, 15) is 0 Å². The van der Waals surface area contributed by atoms with Gasteiger partial charge in [0.15, 0.2) is 0 Å². The van der Waals surface area contributed by atoms with Crippen LogP contribution in [-0.2, 0) is 0 Å². The van der Waals surface area contributed by atoms with Crippen LogP contribution in [0.1, 0.15) is 12.0 Å². The Bertz CT molecular complexity index is 342. The molecule has 0 atom stereocenters. The highest BCUT2D eigenvalue weighted by Gasteiger charge is 2.10. The molecule has 90 valence electrons. The second kappa shape index (κ2) is 6.48. The molecule has 0 saturated carbocycles. The first kappa shape index (κ1) is 13.0. The van der Waals surface area contributed by atoms with Crippen LogP contribution < -0.4 is 14.8 Å². The summed E-state index contributed by atoms with van der Waals surface area (Å²) in [5.41, 5.74) is 1.98. The van der Waals surface area contributed by atoms with E-state index in [2.05, 4.69) is 5.32 Å². The first-order valence-electron chi connectivity index (χ1n) is 5.26. The van der Waals surface area contributed by atoms with Crippen molar-refractivity contribution in [3.8, 4) is 11.5 Å². The second-order valence-corrected chi connectivity index (χ2v) is 3.82. The van der Waals surface area contributed by atoms with Gasteiger partial charge < -0.3 is 14.8 Å². The van der Waals surface area contributed by atoms with Crippen molar-refractivity contribution in [1.29, 1.82) is 0 Å². The number of rotatable bonds is 6. The molecular formula is C12H18ClNO2. The summed E-state index contributed by atoms with van der Waals surface area (Å²) in [5, 5.41) is 3.29. The summed E-state index contributed by atoms with van der Waals surface area (Å²) in [7, 11) is 3.32. The number of alkyl halides is 1. The maximum Gasteiger partial charge on any atom is 0.148 e. The summed E-state index contributed by atoms with van der Waals surface area (Å²) in [5.74, 6) is 2.32. The predicted octanol–water partition coefficient (Wildman–Crippen LogP) is 3.05. The number of anilines is 1. The van der Waals surface area contributed by atoms with Gasteiger partial charge in [0, 0.05) is 18.0 Å². The monoisotopic (exact) mass is 243 g/mol. The molecule has 4 heteroatoms. The van der Waals surface area contributed by atoms with Gasteiger partial charge in [-0.1, -0.05) is 0 Å². The Morgan fingerprint density at radius 2 is 2.00 bits per heavy atom. The SMILES string of the molecule is COc1ccc(NCCCCl)c(OC)c1C. The van der Waals surface area contributed by atoms with Crippen molar-refractivity contribution in [2.24, 2.45) is 0 Å². The normalized spacial score (nSPS) is 10.0. The molecule has 0 aliphatic rings. The maximum atomic E-state index is 5.63. The maximum absolute atomic E-state index is 5.63. The minimum Gasteiger partial charge on any atom is -0.496 e. The van der Waals surface area contributed by atoms with E-state index < -0.39 is 0 Å². The third-order valence-electron chi connectivity index (χ3n) is 2.41. The van der Waals surface area contributed by atoms with E-state index in [1.807, 2.05) is 19.1 Å². The molecule has 0 saturated heterocycles. The Balaban J connectivity index is 2.88. The van der Waals surface area contributed by atoms with Crippen LogP contribution in [0.5, 0.6) is 11.5 Å². The third-order valence-corrected chi connectivity index (χ3v) is 2.67. The zero-order chi connectivity index (χ0) is 12.0. The smallest absolute Gasteiger partial charge is 0.148 e. The Kier molecular flexibility index (Phi) is 5.26. The van der Waals surface area contributed by atoms with E-state index in [4.69, 9.17) is 21.1 Å². The van der Waals surface area contributed by atoms with E-state index in [0.29, 0.717) is 5.88 Å². The molecule has 1 rings (SSSR count). The summed E-state index contributed by atoms with van der Waals surface area (Å²) in [6.45, 7) is 2.82. The molecule has 1 aromatic rings. The van der Waals surface area contributed by atoms with Gasteiger partial charge in [-0.25, -0.2) is 0 Å². The zero-order valence-corrected chi connectivity index (χ0v) is 10.7. The number of hydrogen-bond acceptors (Lipinski definition) is 3. The van der Waals surface area contributed by atoms with Crippen molar-refractivity contribution in [3.05, 3.63) is 17.7 Å². The summed E-state index contributed by atoms with van der Waals surface area (Å²) < 4.78 is 10.6. The van der Waals surface area contributed by atoms with Crippen molar-refractivity contribution >= 4 is 17.3 Å². The largest absolute Gasteiger partial charge is 0.496 e. The van der Waals surface area contributed by atoms with Gasteiger partial charge in [0.05, 0.1) is 19.9 Å². The minimum absolute atomic E-state index is 0.657. The molecule has 0 aliphatic heterocycles. The fourth-order valence-corrected chi connectivity index (χ4v) is 1.72. The van der Waals surface area contributed by atoms with Crippen molar-refractivity contribution in [2.45, 2.75) is 13.3 Å². The summed E-state index contributed by atoms with van der Waals surface area (Å²) >= 11 is 5.63. The molecule has 0 radical (unpaired) electrons. The quantitative estimate of drug-likeness (QED) is 0.615. The molecule has 0 amide bonds. The lowest BCUT2D eigenvalue weighted by atomic mass is 10.1. The van der Waals surface area contributed by atoms with Gasteiger partial charge in [-0.3, -0.25) is 0 Å². The average molecular weight is 244 g/mol. The van der Waals surface area contributed by atoms with Gasteiger partial charge in [-0.05, 0) is 25.5 Å².